The van der Waals surface area contributed by atoms with Crippen LogP contribution in [-0.2, 0) is 16.6 Å². The van der Waals surface area contributed by atoms with Crippen molar-refractivity contribution in [2.45, 2.75) is 32.7 Å². The van der Waals surface area contributed by atoms with Gasteiger partial charge in [0.05, 0.1) is 17.6 Å². The van der Waals surface area contributed by atoms with Crippen LogP contribution in [0.5, 0.6) is 0 Å². The van der Waals surface area contributed by atoms with Crippen LogP contribution in [0.25, 0.3) is 11.4 Å². The second kappa shape index (κ2) is 6.01. The lowest BCUT2D eigenvalue weighted by Gasteiger charge is -2.14. The fourth-order valence-electron chi connectivity index (χ4n) is 3.00. The molecule has 8 heteroatoms. The van der Waals surface area contributed by atoms with Gasteiger partial charge in [0.25, 0.3) is 0 Å². The van der Waals surface area contributed by atoms with Crippen LogP contribution >= 0.6 is 0 Å². The number of hydrogen-bond acceptors (Lipinski definition) is 5. The molecular weight excluding hydrogens is 314 g/mol. The Kier molecular flexibility index (Phi) is 4.20. The zero-order chi connectivity index (χ0) is 16.6. The van der Waals surface area contributed by atoms with Crippen LogP contribution < -0.4 is 0 Å². The zero-order valence-electron chi connectivity index (χ0n) is 13.6. The topological polar surface area (TPSA) is 81.0 Å². The van der Waals surface area contributed by atoms with Gasteiger partial charge in [-0.15, -0.1) is 0 Å². The molecule has 0 N–H and O–H groups in total. The van der Waals surface area contributed by atoms with Gasteiger partial charge in [-0.3, -0.25) is 4.68 Å². The van der Waals surface area contributed by atoms with E-state index in [1.807, 2.05) is 30.7 Å². The lowest BCUT2D eigenvalue weighted by molar-refractivity contribution is 0.477. The molecule has 0 aromatic carbocycles. The highest BCUT2D eigenvalue weighted by atomic mass is 32.2. The molecule has 1 unspecified atom stereocenters. The highest BCUT2D eigenvalue weighted by molar-refractivity contribution is 7.88. The average Bonchev–Trinajstić information content (AvgIpc) is 3.15. The van der Waals surface area contributed by atoms with E-state index < -0.39 is 10.0 Å². The average molecular weight is 335 g/mol. The molecular formula is C15H21N5O2S. The van der Waals surface area contributed by atoms with Gasteiger partial charge in [0.1, 0.15) is 5.82 Å². The Bertz CT molecular complexity index is 815. The molecule has 23 heavy (non-hydrogen) atoms. The van der Waals surface area contributed by atoms with Crippen LogP contribution in [0.15, 0.2) is 18.3 Å². The van der Waals surface area contributed by atoms with E-state index in [1.165, 1.54) is 10.6 Å². The predicted molar refractivity (Wildman–Crippen MR) is 87.4 cm³/mol. The summed E-state index contributed by atoms with van der Waals surface area (Å²) in [6, 6.07) is 3.90. The maximum atomic E-state index is 11.7. The molecule has 3 heterocycles. The maximum Gasteiger partial charge on any atom is 0.211 e. The van der Waals surface area contributed by atoms with E-state index in [0.29, 0.717) is 18.9 Å². The summed E-state index contributed by atoms with van der Waals surface area (Å²) >= 11 is 0. The van der Waals surface area contributed by atoms with E-state index in [0.717, 1.165) is 30.0 Å². The third-order valence-corrected chi connectivity index (χ3v) is 5.44. The highest BCUT2D eigenvalue weighted by Crippen LogP contribution is 2.29. The summed E-state index contributed by atoms with van der Waals surface area (Å²) in [6.07, 6.45) is 3.80. The van der Waals surface area contributed by atoms with Crippen molar-refractivity contribution in [3.8, 4) is 11.4 Å². The minimum atomic E-state index is -3.14. The lowest BCUT2D eigenvalue weighted by atomic mass is 10.0. The van der Waals surface area contributed by atoms with Gasteiger partial charge in [-0.1, -0.05) is 0 Å². The van der Waals surface area contributed by atoms with E-state index in [4.69, 9.17) is 0 Å². The van der Waals surface area contributed by atoms with E-state index in [-0.39, 0.29) is 5.92 Å². The van der Waals surface area contributed by atoms with E-state index >= 15 is 0 Å². The monoisotopic (exact) mass is 335 g/mol. The standard InChI is InChI=1S/C15H21N5O2S/c1-4-20-15(5-7-16-20)14-9-13(17-11(2)18-14)12-6-8-19(10-12)23(3,21)22/h5,7,9,12H,4,6,8,10H2,1-3H3. The molecule has 2 aromatic heterocycles. The van der Waals surface area contributed by atoms with E-state index in [9.17, 15) is 8.42 Å². The van der Waals surface area contributed by atoms with Crippen LogP contribution in [0.1, 0.15) is 30.8 Å². The molecule has 7 nitrogen and oxygen atoms in total. The van der Waals surface area contributed by atoms with Crippen molar-refractivity contribution in [2.24, 2.45) is 0 Å². The molecule has 2 aromatic rings. The van der Waals surface area contributed by atoms with Gasteiger partial charge in [-0.2, -0.15) is 5.10 Å². The van der Waals surface area contributed by atoms with Crippen molar-refractivity contribution in [2.75, 3.05) is 19.3 Å². The van der Waals surface area contributed by atoms with Crippen LogP contribution in [0.2, 0.25) is 0 Å². The van der Waals surface area contributed by atoms with Crippen LogP contribution in [0, 0.1) is 6.92 Å². The van der Waals surface area contributed by atoms with Crippen LogP contribution in [0.4, 0.5) is 0 Å². The van der Waals surface area contributed by atoms with Gasteiger partial charge in [-0.05, 0) is 32.4 Å². The fourth-order valence-corrected chi connectivity index (χ4v) is 3.89. The summed E-state index contributed by atoms with van der Waals surface area (Å²) in [4.78, 5) is 9.06. The number of aromatic nitrogens is 4. The molecule has 0 amide bonds. The van der Waals surface area contributed by atoms with Crippen molar-refractivity contribution in [1.29, 1.82) is 0 Å². The SMILES string of the molecule is CCn1nccc1-c1cc(C2CCN(S(C)(=O)=O)C2)nc(C)n1. The van der Waals surface area contributed by atoms with Gasteiger partial charge < -0.3 is 0 Å². The van der Waals surface area contributed by atoms with Crippen molar-refractivity contribution in [3.05, 3.63) is 29.8 Å². The van der Waals surface area contributed by atoms with Gasteiger partial charge in [0.2, 0.25) is 10.0 Å². The fraction of sp³-hybridized carbons (Fsp3) is 0.533. The number of hydrogen-bond donors (Lipinski definition) is 0. The first-order valence-corrected chi connectivity index (χ1v) is 9.56. The predicted octanol–water partition coefficient (Wildman–Crippen LogP) is 1.42. The summed E-state index contributed by atoms with van der Waals surface area (Å²) in [7, 11) is -3.14. The minimum Gasteiger partial charge on any atom is -0.264 e. The molecule has 0 saturated carbocycles. The summed E-state index contributed by atoms with van der Waals surface area (Å²) in [5.41, 5.74) is 2.70. The van der Waals surface area contributed by atoms with Crippen LogP contribution in [0.3, 0.4) is 0 Å². The molecule has 1 aliphatic rings. The molecule has 1 aliphatic heterocycles. The Labute approximate surface area is 136 Å². The largest absolute Gasteiger partial charge is 0.264 e. The van der Waals surface area contributed by atoms with Crippen molar-refractivity contribution < 1.29 is 8.42 Å². The number of nitrogens with zero attached hydrogens (tertiary/aromatic N) is 5. The normalized spacial score (nSPS) is 19.3. The summed E-state index contributed by atoms with van der Waals surface area (Å²) in [6.45, 7) is 5.71. The first kappa shape index (κ1) is 16.1. The third kappa shape index (κ3) is 3.28. The van der Waals surface area contributed by atoms with Crippen LogP contribution in [-0.4, -0.2) is 51.8 Å². The molecule has 1 fully saturated rings. The lowest BCUT2D eigenvalue weighted by Crippen LogP contribution is -2.27. The van der Waals surface area contributed by atoms with E-state index in [1.54, 1.807) is 6.20 Å². The van der Waals surface area contributed by atoms with Gasteiger partial charge >= 0.3 is 0 Å². The minimum absolute atomic E-state index is 0.114. The molecule has 0 spiro atoms. The number of rotatable bonds is 4. The first-order chi connectivity index (χ1) is 10.9. The molecule has 1 saturated heterocycles. The number of sulfonamides is 1. The Balaban J connectivity index is 1.93. The number of aryl methyl sites for hydroxylation is 2. The van der Waals surface area contributed by atoms with Crippen molar-refractivity contribution in [1.82, 2.24) is 24.1 Å². The Hall–Kier alpha value is -1.80. The second-order valence-electron chi connectivity index (χ2n) is 5.86. The Morgan fingerprint density at radius 2 is 2.13 bits per heavy atom. The smallest absolute Gasteiger partial charge is 0.211 e. The molecule has 1 atom stereocenters. The molecule has 0 aliphatic carbocycles. The zero-order valence-corrected chi connectivity index (χ0v) is 14.4. The molecule has 3 rings (SSSR count). The Morgan fingerprint density at radius 3 is 2.78 bits per heavy atom. The second-order valence-corrected chi connectivity index (χ2v) is 7.85. The quantitative estimate of drug-likeness (QED) is 0.844. The third-order valence-electron chi connectivity index (χ3n) is 4.17. The molecule has 124 valence electrons. The van der Waals surface area contributed by atoms with Crippen molar-refractivity contribution in [3.63, 3.8) is 0 Å². The Morgan fingerprint density at radius 1 is 1.35 bits per heavy atom. The summed E-state index contributed by atoms with van der Waals surface area (Å²) in [5.74, 6) is 0.808. The maximum absolute atomic E-state index is 11.7. The van der Waals surface area contributed by atoms with Gasteiger partial charge in [0, 0.05) is 37.4 Å². The molecule has 0 bridgehead atoms. The van der Waals surface area contributed by atoms with Gasteiger partial charge in [0.15, 0.2) is 0 Å². The van der Waals surface area contributed by atoms with Crippen molar-refractivity contribution >= 4 is 10.0 Å². The first-order valence-electron chi connectivity index (χ1n) is 7.71. The van der Waals surface area contributed by atoms with Gasteiger partial charge in [-0.25, -0.2) is 22.7 Å². The molecule has 0 radical (unpaired) electrons. The highest BCUT2D eigenvalue weighted by Gasteiger charge is 2.30. The summed E-state index contributed by atoms with van der Waals surface area (Å²) < 4.78 is 26.8. The summed E-state index contributed by atoms with van der Waals surface area (Å²) in [5, 5.41) is 4.28. The van der Waals surface area contributed by atoms with E-state index in [2.05, 4.69) is 15.1 Å².